The molecule has 3 atom stereocenters. The lowest BCUT2D eigenvalue weighted by molar-refractivity contribution is -0.136. The molecule has 7 heteroatoms. The maximum absolute atomic E-state index is 12.8. The van der Waals surface area contributed by atoms with Crippen molar-refractivity contribution in [3.05, 3.63) is 30.3 Å². The molecule has 3 fully saturated rings. The number of hydrogen-bond donors (Lipinski definition) is 2. The molecule has 3 unspecified atom stereocenters. The summed E-state index contributed by atoms with van der Waals surface area (Å²) >= 11 is 0. The summed E-state index contributed by atoms with van der Waals surface area (Å²) in [5, 5.41) is 6.88. The number of piperidine rings is 2. The Morgan fingerprint density at radius 2 is 1.83 bits per heavy atom. The zero-order chi connectivity index (χ0) is 19.3. The average Bonchev–Trinajstić information content (AvgIpc) is 3.07. The molecule has 6 nitrogen and oxygen atoms in total. The van der Waals surface area contributed by atoms with Crippen molar-refractivity contribution in [1.29, 1.82) is 0 Å². The monoisotopic (exact) mass is 421 g/mol. The van der Waals surface area contributed by atoms with Gasteiger partial charge in [-0.25, -0.2) is 0 Å². The van der Waals surface area contributed by atoms with Crippen molar-refractivity contribution in [1.82, 2.24) is 15.5 Å². The van der Waals surface area contributed by atoms with Crippen molar-refractivity contribution in [2.24, 2.45) is 5.92 Å². The summed E-state index contributed by atoms with van der Waals surface area (Å²) in [5.41, 5.74) is 0. The van der Waals surface area contributed by atoms with Crippen LogP contribution in [-0.4, -0.2) is 54.5 Å². The second-order valence-corrected chi connectivity index (χ2v) is 8.41. The molecule has 2 bridgehead atoms. The summed E-state index contributed by atoms with van der Waals surface area (Å²) in [6.07, 6.45) is 6.64. The first-order valence-electron chi connectivity index (χ1n) is 10.7. The molecule has 0 aromatic heterocycles. The molecule has 2 amide bonds. The molecule has 1 aromatic carbocycles. The van der Waals surface area contributed by atoms with Gasteiger partial charge in [-0.2, -0.15) is 0 Å². The Labute approximate surface area is 179 Å². The topological polar surface area (TPSA) is 70.7 Å². The molecule has 3 saturated heterocycles. The Morgan fingerprint density at radius 1 is 1.10 bits per heavy atom. The quantitative estimate of drug-likeness (QED) is 0.740. The normalized spacial score (nSPS) is 28.3. The van der Waals surface area contributed by atoms with Crippen LogP contribution < -0.4 is 15.4 Å². The van der Waals surface area contributed by atoms with Gasteiger partial charge in [-0.05, 0) is 50.7 Å². The van der Waals surface area contributed by atoms with Gasteiger partial charge in [0.2, 0.25) is 11.8 Å². The van der Waals surface area contributed by atoms with Gasteiger partial charge in [-0.1, -0.05) is 18.2 Å². The number of hydrogen-bond acceptors (Lipinski definition) is 4. The third-order valence-electron chi connectivity index (χ3n) is 6.29. The third kappa shape index (κ3) is 5.86. The van der Waals surface area contributed by atoms with Gasteiger partial charge >= 0.3 is 0 Å². The van der Waals surface area contributed by atoms with E-state index in [2.05, 4.69) is 10.6 Å². The zero-order valence-corrected chi connectivity index (χ0v) is 17.7. The van der Waals surface area contributed by atoms with E-state index in [1.54, 1.807) is 0 Å². The largest absolute Gasteiger partial charge is 0.493 e. The fraction of sp³-hybridized carbons (Fsp3) is 0.636. The van der Waals surface area contributed by atoms with Crippen LogP contribution in [0.1, 0.15) is 44.9 Å². The molecular weight excluding hydrogens is 390 g/mol. The second kappa shape index (κ2) is 10.3. The van der Waals surface area contributed by atoms with E-state index in [0.29, 0.717) is 31.7 Å². The highest BCUT2D eigenvalue weighted by atomic mass is 35.5. The van der Waals surface area contributed by atoms with E-state index in [9.17, 15) is 9.59 Å². The zero-order valence-electron chi connectivity index (χ0n) is 16.8. The van der Waals surface area contributed by atoms with E-state index in [-0.39, 0.29) is 36.2 Å². The minimum Gasteiger partial charge on any atom is -0.493 e. The van der Waals surface area contributed by atoms with E-state index in [0.717, 1.165) is 38.0 Å². The van der Waals surface area contributed by atoms with Gasteiger partial charge in [-0.15, -0.1) is 12.4 Å². The van der Waals surface area contributed by atoms with Crippen LogP contribution >= 0.6 is 12.4 Å². The molecule has 0 radical (unpaired) electrons. The summed E-state index contributed by atoms with van der Waals surface area (Å²) in [4.78, 5) is 27.2. The van der Waals surface area contributed by atoms with Crippen LogP contribution in [0.3, 0.4) is 0 Å². The number of rotatable bonds is 6. The number of carbonyl (C=O) groups is 2. The summed E-state index contributed by atoms with van der Waals surface area (Å²) in [7, 11) is 0. The Morgan fingerprint density at radius 3 is 2.55 bits per heavy atom. The molecule has 0 spiro atoms. The fourth-order valence-corrected chi connectivity index (χ4v) is 4.84. The highest BCUT2D eigenvalue weighted by molar-refractivity contribution is 5.85. The number of ether oxygens (including phenoxy) is 1. The predicted molar refractivity (Wildman–Crippen MR) is 114 cm³/mol. The molecule has 160 valence electrons. The van der Waals surface area contributed by atoms with Gasteiger partial charge in [0.15, 0.2) is 0 Å². The number of nitrogens with one attached hydrogen (secondary N) is 2. The van der Waals surface area contributed by atoms with E-state index >= 15 is 0 Å². The van der Waals surface area contributed by atoms with Crippen LogP contribution in [-0.2, 0) is 9.59 Å². The number of likely N-dealkylation sites (tertiary alicyclic amines) is 1. The van der Waals surface area contributed by atoms with Gasteiger partial charge in [0.25, 0.3) is 0 Å². The van der Waals surface area contributed by atoms with E-state index in [4.69, 9.17) is 4.74 Å². The van der Waals surface area contributed by atoms with Crippen molar-refractivity contribution in [2.75, 3.05) is 19.7 Å². The minimum atomic E-state index is -0.0831. The lowest BCUT2D eigenvalue weighted by Gasteiger charge is -2.35. The molecule has 3 heterocycles. The first-order chi connectivity index (χ1) is 13.7. The molecule has 29 heavy (non-hydrogen) atoms. The maximum atomic E-state index is 12.8. The van der Waals surface area contributed by atoms with Crippen molar-refractivity contribution in [3.8, 4) is 5.75 Å². The molecule has 0 saturated carbocycles. The highest BCUT2D eigenvalue weighted by Gasteiger charge is 2.35. The Bertz CT molecular complexity index is 675. The summed E-state index contributed by atoms with van der Waals surface area (Å²) < 4.78 is 5.64. The highest BCUT2D eigenvalue weighted by Crippen LogP contribution is 2.27. The van der Waals surface area contributed by atoms with Gasteiger partial charge in [0, 0.05) is 31.2 Å². The van der Waals surface area contributed by atoms with Crippen LogP contribution in [0.4, 0.5) is 0 Å². The lowest BCUT2D eigenvalue weighted by Crippen LogP contribution is -2.51. The molecule has 1 aromatic rings. The number of para-hydroxylation sites is 1. The summed E-state index contributed by atoms with van der Waals surface area (Å²) in [6, 6.07) is 11.0. The van der Waals surface area contributed by atoms with Crippen LogP contribution in [0.15, 0.2) is 30.3 Å². The molecule has 3 aliphatic heterocycles. The number of nitrogens with zero attached hydrogens (tertiary/aromatic N) is 1. The summed E-state index contributed by atoms with van der Waals surface area (Å²) in [6.45, 7) is 1.65. The first kappa shape index (κ1) is 21.9. The number of halogens is 1. The SMILES string of the molecule is Cl.O=C(NC1CC2CCC(C1)N2)C1CCCN(C(=O)CCOc2ccccc2)C1. The fourth-order valence-electron chi connectivity index (χ4n) is 4.84. The molecule has 0 aliphatic carbocycles. The van der Waals surface area contributed by atoms with Crippen molar-refractivity contribution >= 4 is 24.2 Å². The van der Waals surface area contributed by atoms with Crippen LogP contribution in [0.5, 0.6) is 5.75 Å². The molecule has 4 rings (SSSR count). The van der Waals surface area contributed by atoms with Gasteiger partial charge in [0.05, 0.1) is 18.9 Å². The predicted octanol–water partition coefficient (Wildman–Crippen LogP) is 2.52. The Kier molecular flexibility index (Phi) is 7.78. The number of amides is 2. The van der Waals surface area contributed by atoms with Crippen molar-refractivity contribution < 1.29 is 14.3 Å². The summed E-state index contributed by atoms with van der Waals surface area (Å²) in [5.74, 6) is 0.903. The molecule has 2 N–H and O–H groups in total. The van der Waals surface area contributed by atoms with Crippen LogP contribution in [0.2, 0.25) is 0 Å². The average molecular weight is 422 g/mol. The van der Waals surface area contributed by atoms with Crippen LogP contribution in [0.25, 0.3) is 0 Å². The third-order valence-corrected chi connectivity index (χ3v) is 6.29. The van der Waals surface area contributed by atoms with Crippen molar-refractivity contribution in [2.45, 2.75) is 63.1 Å². The number of fused-ring (bicyclic) bond motifs is 2. The molecular formula is C22H32ClN3O3. The standard InChI is InChI=1S/C22H31N3O3.ClH/c26-21(10-12-28-20-6-2-1-3-7-20)25-11-4-5-16(15-25)22(27)24-19-13-17-8-9-18(14-19)23-17;/h1-3,6-7,16-19,23H,4-5,8-15H2,(H,24,27);1H. The van der Waals surface area contributed by atoms with Crippen LogP contribution in [0, 0.1) is 5.92 Å². The van der Waals surface area contributed by atoms with E-state index in [1.807, 2.05) is 35.2 Å². The van der Waals surface area contributed by atoms with Crippen molar-refractivity contribution in [3.63, 3.8) is 0 Å². The van der Waals surface area contributed by atoms with E-state index < -0.39 is 0 Å². The van der Waals surface area contributed by atoms with Gasteiger partial charge in [-0.3, -0.25) is 9.59 Å². The minimum absolute atomic E-state index is 0. The Balaban J connectivity index is 0.00000240. The van der Waals surface area contributed by atoms with Gasteiger partial charge < -0.3 is 20.3 Å². The smallest absolute Gasteiger partial charge is 0.226 e. The second-order valence-electron chi connectivity index (χ2n) is 8.41. The molecule has 3 aliphatic rings. The van der Waals surface area contributed by atoms with Gasteiger partial charge in [0.1, 0.15) is 5.75 Å². The Hall–Kier alpha value is -1.79. The maximum Gasteiger partial charge on any atom is 0.226 e. The lowest BCUT2D eigenvalue weighted by atomic mass is 9.94. The number of carbonyl (C=O) groups excluding carboxylic acids is 2. The number of benzene rings is 1. The van der Waals surface area contributed by atoms with E-state index in [1.165, 1.54) is 12.8 Å². The first-order valence-corrected chi connectivity index (χ1v) is 10.7.